The van der Waals surface area contributed by atoms with E-state index < -0.39 is 36.1 Å². The minimum atomic E-state index is -0.769. The van der Waals surface area contributed by atoms with Crippen LogP contribution in [0.25, 0.3) is 0 Å². The monoisotopic (exact) mass is 997 g/mol. The molecule has 1 fully saturated rings. The van der Waals surface area contributed by atoms with E-state index in [-0.39, 0.29) is 60.4 Å². The summed E-state index contributed by atoms with van der Waals surface area (Å²) in [5, 5.41) is 11.3. The minimum absolute atomic E-state index is 0.0121. The van der Waals surface area contributed by atoms with Crippen molar-refractivity contribution in [3.8, 4) is 0 Å². The Kier molecular flexibility index (Phi) is 31.4. The molecule has 396 valence electrons. The maximum Gasteiger partial charge on any atom is 0.243 e. The number of aromatic nitrogens is 1. The third-order valence-electron chi connectivity index (χ3n) is 12.9. The van der Waals surface area contributed by atoms with Gasteiger partial charge in [-0.2, -0.15) is 0 Å². The molecule has 7 atom stereocenters. The van der Waals surface area contributed by atoms with Gasteiger partial charge in [-0.05, 0) is 37.5 Å². The van der Waals surface area contributed by atoms with Crippen molar-refractivity contribution in [2.75, 3.05) is 94.1 Å². The highest BCUT2D eigenvalue weighted by Gasteiger charge is 2.42. The summed E-state index contributed by atoms with van der Waals surface area (Å²) in [4.78, 5) is 89.2. The number of thiazole rings is 1. The largest absolute Gasteiger partial charge is 0.379 e. The number of likely N-dealkylation sites (N-methyl/N-ethyl adjacent to an activating group) is 2. The van der Waals surface area contributed by atoms with E-state index in [1.165, 1.54) is 23.3 Å². The lowest BCUT2D eigenvalue weighted by Crippen LogP contribution is -2.55. The van der Waals surface area contributed by atoms with Gasteiger partial charge in [0.15, 0.2) is 0 Å². The zero-order valence-corrected chi connectivity index (χ0v) is 44.1. The zero-order chi connectivity index (χ0) is 51.1. The lowest BCUT2D eigenvalue weighted by atomic mass is 9.90. The molecule has 1 aromatic heterocycles. The van der Waals surface area contributed by atoms with Gasteiger partial charge in [-0.15, -0.1) is 11.3 Å². The normalized spacial score (nSPS) is 16.3. The summed E-state index contributed by atoms with van der Waals surface area (Å²) in [5.41, 5.74) is 5.36. The topological polar surface area (TPSA) is 233 Å². The molecule has 0 bridgehead atoms. The van der Waals surface area contributed by atoms with E-state index in [2.05, 4.69) is 20.9 Å². The zero-order valence-electron chi connectivity index (χ0n) is 43.3. The van der Waals surface area contributed by atoms with E-state index in [9.17, 15) is 28.8 Å². The number of hydrogen-bond acceptors (Lipinski definition) is 14. The van der Waals surface area contributed by atoms with Crippen LogP contribution in [0.3, 0.4) is 0 Å². The van der Waals surface area contributed by atoms with E-state index >= 15 is 0 Å². The second-order valence-corrected chi connectivity index (χ2v) is 19.3. The predicted molar refractivity (Wildman–Crippen MR) is 266 cm³/mol. The number of nitrogens with two attached hydrogens (primary N) is 1. The average Bonchev–Trinajstić information content (AvgIpc) is 4.05. The highest BCUT2D eigenvalue weighted by Crippen LogP contribution is 2.29. The molecule has 69 heavy (non-hydrogen) atoms. The molecule has 6 amide bonds. The molecule has 2 heterocycles. The minimum Gasteiger partial charge on any atom is -0.379 e. The molecule has 19 nitrogen and oxygen atoms in total. The van der Waals surface area contributed by atoms with Crippen LogP contribution in [0, 0.1) is 17.8 Å². The third kappa shape index (κ3) is 22.4. The van der Waals surface area contributed by atoms with Crippen LogP contribution in [0.1, 0.15) is 117 Å². The molecule has 1 aliphatic rings. The van der Waals surface area contributed by atoms with Crippen LogP contribution >= 0.6 is 11.3 Å². The lowest BCUT2D eigenvalue weighted by molar-refractivity contribution is -0.146. The number of methoxy groups -OCH3 is 2. The van der Waals surface area contributed by atoms with E-state index in [0.717, 1.165) is 43.5 Å². The molecule has 2 rings (SSSR count). The van der Waals surface area contributed by atoms with Gasteiger partial charge in [0.25, 0.3) is 0 Å². The molecule has 1 unspecified atom stereocenters. The van der Waals surface area contributed by atoms with Crippen molar-refractivity contribution in [1.29, 1.82) is 0 Å². The second kappa shape index (κ2) is 35.3. The summed E-state index contributed by atoms with van der Waals surface area (Å²) in [5.74, 6) is -2.04. The van der Waals surface area contributed by atoms with Gasteiger partial charge in [0.1, 0.15) is 11.0 Å². The first-order chi connectivity index (χ1) is 33.1. The molecule has 0 radical (unpaired) electrons. The van der Waals surface area contributed by atoms with Gasteiger partial charge < -0.3 is 60.1 Å². The van der Waals surface area contributed by atoms with E-state index in [1.807, 2.05) is 40.0 Å². The maximum absolute atomic E-state index is 14.1. The fraction of sp³-hybridized carbons (Fsp3) is 0.816. The lowest BCUT2D eigenvalue weighted by Gasteiger charge is -2.39. The van der Waals surface area contributed by atoms with Crippen LogP contribution in [0.4, 0.5) is 0 Å². The first-order valence-electron chi connectivity index (χ1n) is 25.1. The van der Waals surface area contributed by atoms with Gasteiger partial charge in [-0.1, -0.05) is 66.7 Å². The number of nitrogens with zero attached hydrogens (tertiary/aromatic N) is 4. The number of amides is 6. The highest BCUT2D eigenvalue weighted by molar-refractivity contribution is 7.09. The molecular formula is C49H88N8O11S. The molecule has 5 N–H and O–H groups in total. The summed E-state index contributed by atoms with van der Waals surface area (Å²) in [6.45, 7) is 13.9. The number of carbonyl (C=O) groups is 6. The number of rotatable bonds is 38. The van der Waals surface area contributed by atoms with Crippen molar-refractivity contribution in [1.82, 2.24) is 35.6 Å². The van der Waals surface area contributed by atoms with Crippen molar-refractivity contribution >= 4 is 46.8 Å². The fourth-order valence-corrected chi connectivity index (χ4v) is 9.41. The number of likely N-dealkylation sites (tertiary alicyclic amines) is 1. The van der Waals surface area contributed by atoms with Crippen molar-refractivity contribution in [2.45, 2.75) is 149 Å². The molecule has 1 saturated heterocycles. The van der Waals surface area contributed by atoms with Crippen molar-refractivity contribution in [3.05, 3.63) is 16.6 Å². The van der Waals surface area contributed by atoms with Crippen LogP contribution < -0.4 is 21.7 Å². The van der Waals surface area contributed by atoms with Gasteiger partial charge in [0, 0.05) is 72.4 Å². The van der Waals surface area contributed by atoms with Crippen molar-refractivity contribution < 1.29 is 52.5 Å². The Morgan fingerprint density at radius 1 is 0.812 bits per heavy atom. The Morgan fingerprint density at radius 3 is 2.07 bits per heavy atom. The van der Waals surface area contributed by atoms with Gasteiger partial charge >= 0.3 is 0 Å². The predicted octanol–water partition coefficient (Wildman–Crippen LogP) is 3.52. The third-order valence-corrected chi connectivity index (χ3v) is 13.7. The Balaban J connectivity index is 1.80. The highest BCUT2D eigenvalue weighted by atomic mass is 32.1. The van der Waals surface area contributed by atoms with E-state index in [0.29, 0.717) is 97.9 Å². The molecule has 0 saturated carbocycles. The van der Waals surface area contributed by atoms with Gasteiger partial charge in [-0.3, -0.25) is 28.8 Å². The van der Waals surface area contributed by atoms with Crippen LogP contribution in [0.2, 0.25) is 0 Å². The van der Waals surface area contributed by atoms with Crippen molar-refractivity contribution in [2.24, 2.45) is 23.5 Å². The second-order valence-electron chi connectivity index (χ2n) is 18.3. The first-order valence-corrected chi connectivity index (χ1v) is 26.0. The molecule has 0 spiro atoms. The molecular weight excluding hydrogens is 909 g/mol. The Bertz CT molecular complexity index is 1630. The Morgan fingerprint density at radius 2 is 1.46 bits per heavy atom. The van der Waals surface area contributed by atoms with Crippen LogP contribution in [-0.4, -0.2) is 180 Å². The fourth-order valence-electron chi connectivity index (χ4n) is 8.85. The van der Waals surface area contributed by atoms with Gasteiger partial charge in [-0.25, -0.2) is 4.98 Å². The summed E-state index contributed by atoms with van der Waals surface area (Å²) < 4.78 is 27.9. The standard InChI is InChI=1S/C49H88N8O11S/c1-10-36(4)46(39(64-8)32-43(60)57-24-17-18-38(57)47(65-9)37(5)48(62)53-33-41-52-23-31-69-41)56(7)44(61)34-54-49(63)45(35(2)3)55(6)42(59)19-15-13-11-12-14-16-22-51-40(58)20-25-66-27-29-68-30-28-67-26-21-50/h23,31,35-39,45-47H,10-22,24-30,32-34,50H2,1-9H3,(H,51,58)(H,53,62)(H,54,63)/t36-,37+,38-,39+,45?,46-,47+/m0/s1. The number of ether oxygens (including phenoxy) is 5. The summed E-state index contributed by atoms with van der Waals surface area (Å²) in [6.07, 6.45) is 8.65. The number of carbonyl (C=O) groups excluding carboxylic acids is 6. The van der Waals surface area contributed by atoms with Crippen LogP contribution in [0.5, 0.6) is 0 Å². The SMILES string of the molecule is CC[C@H](C)[C@@H]([C@@H](CC(=O)N1CCC[C@H]1[C@H](OC)[C@@H](C)C(=O)NCc1nccs1)OC)N(C)C(=O)CNC(=O)C(C(C)C)N(C)C(=O)CCCCCCCCNC(=O)CCOCCOCCOCCN. The number of hydrogen-bond donors (Lipinski definition) is 4. The summed E-state index contributed by atoms with van der Waals surface area (Å²) >= 11 is 1.46. The molecule has 1 aromatic rings. The summed E-state index contributed by atoms with van der Waals surface area (Å²) in [7, 11) is 6.41. The number of unbranched alkanes of at least 4 members (excludes halogenated alkanes) is 5. The summed E-state index contributed by atoms with van der Waals surface area (Å²) in [6, 6.07) is -1.57. The molecule has 1 aliphatic heterocycles. The molecule has 20 heteroatoms. The smallest absolute Gasteiger partial charge is 0.243 e. The average molecular weight is 997 g/mol. The Hall–Kier alpha value is -3.79. The van der Waals surface area contributed by atoms with Crippen LogP contribution in [0.15, 0.2) is 11.6 Å². The van der Waals surface area contributed by atoms with E-state index in [1.54, 1.807) is 37.2 Å². The Labute approximate surface area is 416 Å². The van der Waals surface area contributed by atoms with Crippen LogP contribution in [-0.2, 0) is 59.0 Å². The van der Waals surface area contributed by atoms with E-state index in [4.69, 9.17) is 29.4 Å². The van der Waals surface area contributed by atoms with Gasteiger partial charge in [0.05, 0.1) is 89.4 Å². The van der Waals surface area contributed by atoms with Gasteiger partial charge in [0.2, 0.25) is 35.4 Å². The molecule has 0 aliphatic carbocycles. The molecule has 0 aromatic carbocycles. The quantitative estimate of drug-likeness (QED) is 0.0696. The number of nitrogens with one attached hydrogen (secondary N) is 3. The first kappa shape index (κ1) is 61.3. The maximum atomic E-state index is 14.1. The van der Waals surface area contributed by atoms with Crippen molar-refractivity contribution in [3.63, 3.8) is 0 Å².